The predicted molar refractivity (Wildman–Crippen MR) is 91.3 cm³/mol. The Morgan fingerprint density at radius 1 is 1.04 bits per heavy atom. The van der Waals surface area contributed by atoms with Crippen molar-refractivity contribution >= 4 is 21.9 Å². The maximum absolute atomic E-state index is 12.4. The lowest BCUT2D eigenvalue weighted by Gasteiger charge is -2.09. The summed E-state index contributed by atoms with van der Waals surface area (Å²) in [5.41, 5.74) is 0.860. The Labute approximate surface area is 146 Å². The number of esters is 1. The number of hydrogen-bond acceptors (Lipinski definition) is 5. The predicted octanol–water partition coefficient (Wildman–Crippen LogP) is 1.07. The Morgan fingerprint density at radius 3 is 2.44 bits per heavy atom. The second-order valence-corrected chi connectivity index (χ2v) is 6.85. The number of amides is 1. The van der Waals surface area contributed by atoms with Crippen LogP contribution in [-0.4, -0.2) is 33.9 Å². The van der Waals surface area contributed by atoms with E-state index in [9.17, 15) is 18.0 Å². The van der Waals surface area contributed by atoms with Crippen LogP contribution < -0.4 is 10.0 Å². The van der Waals surface area contributed by atoms with Crippen LogP contribution >= 0.6 is 0 Å². The van der Waals surface area contributed by atoms with Gasteiger partial charge in [0.1, 0.15) is 0 Å². The monoisotopic (exact) mass is 362 g/mol. The molecule has 0 atom stereocenters. The Balaban J connectivity index is 2.08. The molecule has 0 saturated heterocycles. The molecule has 0 aliphatic carbocycles. The van der Waals surface area contributed by atoms with Crippen LogP contribution in [0.3, 0.4) is 0 Å². The first-order valence-corrected chi connectivity index (χ1v) is 8.92. The van der Waals surface area contributed by atoms with E-state index < -0.39 is 28.5 Å². The van der Waals surface area contributed by atoms with Crippen molar-refractivity contribution in [3.05, 3.63) is 65.7 Å². The first kappa shape index (κ1) is 18.6. The Kier molecular flexibility index (Phi) is 6.26. The van der Waals surface area contributed by atoms with Crippen molar-refractivity contribution in [2.75, 3.05) is 13.7 Å². The third-order valence-corrected chi connectivity index (χ3v) is 4.70. The van der Waals surface area contributed by atoms with Crippen LogP contribution in [0.15, 0.2) is 59.5 Å². The van der Waals surface area contributed by atoms with Crippen molar-refractivity contribution in [1.29, 1.82) is 0 Å². The van der Waals surface area contributed by atoms with E-state index in [0.717, 1.165) is 5.56 Å². The summed E-state index contributed by atoms with van der Waals surface area (Å²) >= 11 is 0. The molecule has 0 aliphatic rings. The van der Waals surface area contributed by atoms with E-state index in [4.69, 9.17) is 4.74 Å². The van der Waals surface area contributed by atoms with E-state index in [2.05, 4.69) is 10.0 Å². The molecule has 0 fully saturated rings. The molecule has 0 aliphatic heterocycles. The van der Waals surface area contributed by atoms with Crippen molar-refractivity contribution in [1.82, 2.24) is 10.0 Å². The maximum atomic E-state index is 12.4. The smallest absolute Gasteiger partial charge is 0.338 e. The minimum Gasteiger partial charge on any atom is -0.452 e. The van der Waals surface area contributed by atoms with Crippen molar-refractivity contribution in [2.24, 2.45) is 0 Å². The molecule has 8 heteroatoms. The van der Waals surface area contributed by atoms with Gasteiger partial charge in [0.25, 0.3) is 5.91 Å². The van der Waals surface area contributed by atoms with E-state index >= 15 is 0 Å². The fourth-order valence-corrected chi connectivity index (χ4v) is 3.00. The van der Waals surface area contributed by atoms with Gasteiger partial charge in [0, 0.05) is 13.6 Å². The summed E-state index contributed by atoms with van der Waals surface area (Å²) in [5, 5.41) is 2.32. The van der Waals surface area contributed by atoms with Crippen LogP contribution in [0.4, 0.5) is 0 Å². The third-order valence-electron chi connectivity index (χ3n) is 3.30. The largest absolute Gasteiger partial charge is 0.452 e. The summed E-state index contributed by atoms with van der Waals surface area (Å²) in [6.45, 7) is -0.299. The lowest BCUT2D eigenvalue weighted by atomic mass is 10.2. The Hall–Kier alpha value is -2.71. The molecule has 2 aromatic carbocycles. The average Bonchev–Trinajstić information content (AvgIpc) is 2.65. The summed E-state index contributed by atoms with van der Waals surface area (Å²) in [4.78, 5) is 22.9. The van der Waals surface area contributed by atoms with E-state index in [-0.39, 0.29) is 17.0 Å². The van der Waals surface area contributed by atoms with Crippen LogP contribution in [0.25, 0.3) is 0 Å². The first-order valence-electron chi connectivity index (χ1n) is 7.44. The van der Waals surface area contributed by atoms with Gasteiger partial charge in [-0.25, -0.2) is 17.9 Å². The van der Waals surface area contributed by atoms with Gasteiger partial charge in [-0.3, -0.25) is 4.79 Å². The molecule has 25 heavy (non-hydrogen) atoms. The van der Waals surface area contributed by atoms with Gasteiger partial charge in [-0.15, -0.1) is 0 Å². The Bertz CT molecular complexity index is 850. The number of benzene rings is 2. The summed E-state index contributed by atoms with van der Waals surface area (Å²) in [5.74, 6) is -1.23. The molecule has 2 aromatic rings. The minimum atomic E-state index is -3.79. The molecule has 0 heterocycles. The fourth-order valence-electron chi connectivity index (χ4n) is 1.93. The first-order chi connectivity index (χ1) is 11.9. The lowest BCUT2D eigenvalue weighted by molar-refractivity contribution is -0.123. The molecule has 2 rings (SSSR count). The second-order valence-electron chi connectivity index (χ2n) is 5.09. The quantitative estimate of drug-likeness (QED) is 0.718. The lowest BCUT2D eigenvalue weighted by Crippen LogP contribution is -2.25. The van der Waals surface area contributed by atoms with Gasteiger partial charge < -0.3 is 10.1 Å². The summed E-state index contributed by atoms with van der Waals surface area (Å²) < 4.78 is 32.0. The van der Waals surface area contributed by atoms with E-state index in [0.29, 0.717) is 0 Å². The highest BCUT2D eigenvalue weighted by Crippen LogP contribution is 2.13. The van der Waals surface area contributed by atoms with Crippen molar-refractivity contribution < 1.29 is 22.7 Å². The molecule has 2 N–H and O–H groups in total. The van der Waals surface area contributed by atoms with Gasteiger partial charge in [0.2, 0.25) is 10.0 Å². The van der Waals surface area contributed by atoms with E-state index in [1.807, 2.05) is 18.2 Å². The highest BCUT2D eigenvalue weighted by atomic mass is 32.2. The molecule has 132 valence electrons. The van der Waals surface area contributed by atoms with Crippen LogP contribution in [0, 0.1) is 0 Å². The fraction of sp³-hybridized carbons (Fsp3) is 0.176. The Morgan fingerprint density at radius 2 is 1.76 bits per heavy atom. The number of nitrogens with one attached hydrogen (secondary N) is 2. The van der Waals surface area contributed by atoms with Crippen LogP contribution in [0.5, 0.6) is 0 Å². The highest BCUT2D eigenvalue weighted by molar-refractivity contribution is 7.89. The molecular formula is C17H18N2O5S. The molecule has 7 nitrogen and oxygen atoms in total. The minimum absolute atomic E-state index is 0.0477. The molecular weight excluding hydrogens is 344 g/mol. The number of carbonyl (C=O) groups is 2. The van der Waals surface area contributed by atoms with Gasteiger partial charge in [-0.05, 0) is 23.8 Å². The average molecular weight is 362 g/mol. The van der Waals surface area contributed by atoms with Crippen LogP contribution in [0.1, 0.15) is 15.9 Å². The van der Waals surface area contributed by atoms with Gasteiger partial charge in [-0.2, -0.15) is 0 Å². The zero-order valence-corrected chi connectivity index (χ0v) is 14.4. The van der Waals surface area contributed by atoms with Gasteiger partial charge >= 0.3 is 5.97 Å². The van der Waals surface area contributed by atoms with Gasteiger partial charge in [0.05, 0.1) is 10.5 Å². The molecule has 0 unspecified atom stereocenters. The van der Waals surface area contributed by atoms with E-state index in [1.54, 1.807) is 12.1 Å². The number of sulfonamides is 1. The molecule has 1 amide bonds. The molecule has 0 bridgehead atoms. The number of hydrogen-bond donors (Lipinski definition) is 2. The number of carbonyl (C=O) groups excluding carboxylic acids is 2. The van der Waals surface area contributed by atoms with Gasteiger partial charge in [-0.1, -0.05) is 36.4 Å². The summed E-state index contributed by atoms with van der Waals surface area (Å²) in [6.07, 6.45) is 0. The van der Waals surface area contributed by atoms with E-state index in [1.165, 1.54) is 31.3 Å². The molecule has 0 aromatic heterocycles. The standard InChI is InChI=1S/C17H18N2O5S/c1-18-16(20)12-24-17(21)14-8-5-9-15(10-14)25(22,23)19-11-13-6-3-2-4-7-13/h2-10,19H,11-12H2,1H3,(H,18,20). The van der Waals surface area contributed by atoms with Crippen molar-refractivity contribution in [2.45, 2.75) is 11.4 Å². The van der Waals surface area contributed by atoms with Crippen LogP contribution in [0.2, 0.25) is 0 Å². The maximum Gasteiger partial charge on any atom is 0.338 e. The topological polar surface area (TPSA) is 102 Å². The molecule has 0 radical (unpaired) electrons. The van der Waals surface area contributed by atoms with Crippen molar-refractivity contribution in [3.8, 4) is 0 Å². The SMILES string of the molecule is CNC(=O)COC(=O)c1cccc(S(=O)(=O)NCc2ccccc2)c1. The zero-order chi connectivity index (χ0) is 18.3. The highest BCUT2D eigenvalue weighted by Gasteiger charge is 2.17. The second kappa shape index (κ2) is 8.41. The number of rotatable bonds is 7. The molecule has 0 spiro atoms. The molecule has 0 saturated carbocycles. The summed E-state index contributed by atoms with van der Waals surface area (Å²) in [7, 11) is -2.37. The van der Waals surface area contributed by atoms with Crippen molar-refractivity contribution in [3.63, 3.8) is 0 Å². The summed E-state index contributed by atoms with van der Waals surface area (Å²) in [6, 6.07) is 14.5. The zero-order valence-electron chi connectivity index (χ0n) is 13.6. The van der Waals surface area contributed by atoms with Crippen LogP contribution in [-0.2, 0) is 26.1 Å². The number of likely N-dealkylation sites (N-methyl/N-ethyl adjacent to an activating group) is 1. The normalized spacial score (nSPS) is 10.9. The number of ether oxygens (including phenoxy) is 1. The third kappa shape index (κ3) is 5.40. The van der Waals surface area contributed by atoms with Gasteiger partial charge in [0.15, 0.2) is 6.61 Å².